The molecule has 0 aliphatic carbocycles. The van der Waals surface area contributed by atoms with Crippen LogP contribution in [0, 0.1) is 0 Å². The van der Waals surface area contributed by atoms with Crippen LogP contribution >= 0.6 is 0 Å². The van der Waals surface area contributed by atoms with Gasteiger partial charge in [-0.3, -0.25) is 4.79 Å². The summed E-state index contributed by atoms with van der Waals surface area (Å²) < 4.78 is 5.23. The Balaban J connectivity index is 2.50. The summed E-state index contributed by atoms with van der Waals surface area (Å²) in [5, 5.41) is 2.85. The topological polar surface area (TPSA) is 64.3 Å². The van der Waals surface area contributed by atoms with E-state index in [0.29, 0.717) is 6.54 Å². The molecule has 0 aromatic heterocycles. The molecule has 3 N–H and O–H groups in total. The molecule has 0 radical (unpaired) electrons. The third-order valence-corrected chi connectivity index (χ3v) is 2.32. The highest BCUT2D eigenvalue weighted by Crippen LogP contribution is 2.10. The number of carbonyl (C=O) groups excluding carboxylic acids is 1. The number of ether oxygens (including phenoxy) is 1. The second kappa shape index (κ2) is 7.04. The first-order valence-corrected chi connectivity index (χ1v) is 5.79. The summed E-state index contributed by atoms with van der Waals surface area (Å²) in [6.07, 6.45) is 0.0498. The molecule has 1 unspecified atom stereocenters. The van der Waals surface area contributed by atoms with E-state index >= 15 is 0 Å². The largest absolute Gasteiger partial charge is 0.369 e. The van der Waals surface area contributed by atoms with Gasteiger partial charge in [0.05, 0.1) is 12.1 Å². The first-order chi connectivity index (χ1) is 8.13. The van der Waals surface area contributed by atoms with Crippen molar-refractivity contribution in [1.29, 1.82) is 0 Å². The van der Waals surface area contributed by atoms with Crippen LogP contribution in [0.2, 0.25) is 0 Å². The van der Waals surface area contributed by atoms with Crippen LogP contribution in [-0.2, 0) is 9.53 Å². The van der Waals surface area contributed by atoms with Gasteiger partial charge in [0.15, 0.2) is 0 Å². The molecule has 4 nitrogen and oxygen atoms in total. The number of rotatable bonds is 6. The lowest BCUT2D eigenvalue weighted by atomic mass is 10.1. The van der Waals surface area contributed by atoms with Gasteiger partial charge in [0.1, 0.15) is 6.61 Å². The van der Waals surface area contributed by atoms with Crippen LogP contribution in [0.4, 0.5) is 0 Å². The molecule has 0 saturated carbocycles. The van der Waals surface area contributed by atoms with Crippen LogP contribution in [0.1, 0.15) is 25.5 Å². The van der Waals surface area contributed by atoms with Crippen LogP contribution in [0.3, 0.4) is 0 Å². The van der Waals surface area contributed by atoms with Gasteiger partial charge < -0.3 is 15.8 Å². The third-order valence-electron chi connectivity index (χ3n) is 2.32. The predicted octanol–water partition coefficient (Wildman–Crippen LogP) is 1.23. The summed E-state index contributed by atoms with van der Waals surface area (Å²) in [6.45, 7) is 4.23. The Labute approximate surface area is 102 Å². The van der Waals surface area contributed by atoms with Crippen molar-refractivity contribution in [1.82, 2.24) is 5.32 Å². The van der Waals surface area contributed by atoms with E-state index in [0.717, 1.165) is 5.56 Å². The van der Waals surface area contributed by atoms with Gasteiger partial charge in [-0.1, -0.05) is 30.3 Å². The van der Waals surface area contributed by atoms with E-state index in [2.05, 4.69) is 5.32 Å². The van der Waals surface area contributed by atoms with Crippen LogP contribution in [-0.4, -0.2) is 25.2 Å². The Morgan fingerprint density at radius 3 is 2.53 bits per heavy atom. The molecule has 17 heavy (non-hydrogen) atoms. The van der Waals surface area contributed by atoms with Crippen molar-refractivity contribution in [3.63, 3.8) is 0 Å². The van der Waals surface area contributed by atoms with Crippen LogP contribution in [0.5, 0.6) is 0 Å². The molecule has 94 valence electrons. The van der Waals surface area contributed by atoms with Crippen molar-refractivity contribution in [3.05, 3.63) is 35.9 Å². The molecule has 1 aromatic carbocycles. The Kier molecular flexibility index (Phi) is 5.66. The van der Waals surface area contributed by atoms with Crippen molar-refractivity contribution in [3.8, 4) is 0 Å². The number of hydrogen-bond donors (Lipinski definition) is 2. The number of nitrogens with two attached hydrogens (primary N) is 1. The highest BCUT2D eigenvalue weighted by molar-refractivity contribution is 5.77. The Morgan fingerprint density at radius 2 is 2.00 bits per heavy atom. The fourth-order valence-corrected chi connectivity index (χ4v) is 1.44. The van der Waals surface area contributed by atoms with E-state index in [1.807, 2.05) is 44.2 Å². The first kappa shape index (κ1) is 13.7. The monoisotopic (exact) mass is 236 g/mol. The molecule has 0 saturated heterocycles. The van der Waals surface area contributed by atoms with E-state index in [4.69, 9.17) is 10.5 Å². The SMILES string of the molecule is CC(C)OCC(=O)NC(CN)c1ccccc1. The van der Waals surface area contributed by atoms with Crippen LogP contribution in [0.15, 0.2) is 30.3 Å². The minimum absolute atomic E-state index is 0.0498. The van der Waals surface area contributed by atoms with Gasteiger partial charge in [0, 0.05) is 6.54 Å². The Hall–Kier alpha value is -1.39. The number of benzene rings is 1. The predicted molar refractivity (Wildman–Crippen MR) is 67.5 cm³/mol. The molecule has 0 bridgehead atoms. The van der Waals surface area contributed by atoms with Gasteiger partial charge in [-0.05, 0) is 19.4 Å². The van der Waals surface area contributed by atoms with Crippen LogP contribution in [0.25, 0.3) is 0 Å². The summed E-state index contributed by atoms with van der Waals surface area (Å²) in [5.41, 5.74) is 6.66. The van der Waals surface area contributed by atoms with E-state index in [1.54, 1.807) is 0 Å². The summed E-state index contributed by atoms with van der Waals surface area (Å²) in [7, 11) is 0. The fourth-order valence-electron chi connectivity index (χ4n) is 1.44. The van der Waals surface area contributed by atoms with Crippen molar-refractivity contribution >= 4 is 5.91 Å². The van der Waals surface area contributed by atoms with Gasteiger partial charge in [-0.15, -0.1) is 0 Å². The third kappa shape index (κ3) is 4.97. The second-order valence-electron chi connectivity index (χ2n) is 4.13. The fraction of sp³-hybridized carbons (Fsp3) is 0.462. The standard InChI is InChI=1S/C13H20N2O2/c1-10(2)17-9-13(16)15-12(8-14)11-6-4-3-5-7-11/h3-7,10,12H,8-9,14H2,1-2H3,(H,15,16). The molecule has 0 aliphatic heterocycles. The van der Waals surface area contributed by atoms with Crippen molar-refractivity contribution in [2.45, 2.75) is 26.0 Å². The molecular weight excluding hydrogens is 216 g/mol. The average molecular weight is 236 g/mol. The normalized spacial score (nSPS) is 12.5. The van der Waals surface area contributed by atoms with Gasteiger partial charge in [0.2, 0.25) is 5.91 Å². The van der Waals surface area contributed by atoms with E-state index in [1.165, 1.54) is 0 Å². The summed E-state index contributed by atoms with van der Waals surface area (Å²) >= 11 is 0. The molecule has 1 aromatic rings. The van der Waals surface area contributed by atoms with Crippen molar-refractivity contribution < 1.29 is 9.53 Å². The Bertz CT molecular complexity index is 339. The van der Waals surface area contributed by atoms with Gasteiger partial charge in [-0.25, -0.2) is 0 Å². The Morgan fingerprint density at radius 1 is 1.35 bits per heavy atom. The maximum Gasteiger partial charge on any atom is 0.246 e. The first-order valence-electron chi connectivity index (χ1n) is 5.79. The molecule has 0 aliphatic rings. The molecule has 0 fully saturated rings. The number of carbonyl (C=O) groups is 1. The smallest absolute Gasteiger partial charge is 0.246 e. The summed E-state index contributed by atoms with van der Waals surface area (Å²) in [6, 6.07) is 9.52. The van der Waals surface area contributed by atoms with Crippen molar-refractivity contribution in [2.24, 2.45) is 5.73 Å². The maximum absolute atomic E-state index is 11.6. The molecule has 1 rings (SSSR count). The summed E-state index contributed by atoms with van der Waals surface area (Å²) in [5.74, 6) is -0.141. The molecule has 1 amide bonds. The maximum atomic E-state index is 11.6. The zero-order valence-electron chi connectivity index (χ0n) is 10.3. The lowest BCUT2D eigenvalue weighted by molar-refractivity contribution is -0.127. The molecule has 0 spiro atoms. The number of amides is 1. The lowest BCUT2D eigenvalue weighted by Crippen LogP contribution is -2.36. The molecular formula is C13H20N2O2. The van der Waals surface area contributed by atoms with Gasteiger partial charge in [-0.2, -0.15) is 0 Å². The summed E-state index contributed by atoms with van der Waals surface area (Å²) in [4.78, 5) is 11.6. The van der Waals surface area contributed by atoms with E-state index in [9.17, 15) is 4.79 Å². The highest BCUT2D eigenvalue weighted by atomic mass is 16.5. The number of nitrogens with one attached hydrogen (secondary N) is 1. The zero-order valence-corrected chi connectivity index (χ0v) is 10.3. The number of hydrogen-bond acceptors (Lipinski definition) is 3. The van der Waals surface area contributed by atoms with Crippen molar-refractivity contribution in [2.75, 3.05) is 13.2 Å². The lowest BCUT2D eigenvalue weighted by Gasteiger charge is -2.17. The average Bonchev–Trinajstić information content (AvgIpc) is 2.34. The highest BCUT2D eigenvalue weighted by Gasteiger charge is 2.12. The quantitative estimate of drug-likeness (QED) is 0.780. The second-order valence-corrected chi connectivity index (χ2v) is 4.13. The minimum Gasteiger partial charge on any atom is -0.369 e. The van der Waals surface area contributed by atoms with Gasteiger partial charge >= 0.3 is 0 Å². The van der Waals surface area contributed by atoms with E-state index in [-0.39, 0.29) is 24.7 Å². The minimum atomic E-state index is -0.153. The molecule has 1 atom stereocenters. The van der Waals surface area contributed by atoms with Gasteiger partial charge in [0.25, 0.3) is 0 Å². The molecule has 0 heterocycles. The zero-order chi connectivity index (χ0) is 12.7. The van der Waals surface area contributed by atoms with Crippen LogP contribution < -0.4 is 11.1 Å². The van der Waals surface area contributed by atoms with E-state index < -0.39 is 0 Å². The molecule has 4 heteroatoms.